The largest absolute Gasteiger partial charge is 0.462 e. The van der Waals surface area contributed by atoms with Gasteiger partial charge in [0.1, 0.15) is 18.3 Å². The van der Waals surface area contributed by atoms with Crippen LogP contribution in [0.2, 0.25) is 0 Å². The fraction of sp³-hybridized carbons (Fsp3) is 0.400. The van der Waals surface area contributed by atoms with Crippen molar-refractivity contribution < 1.29 is 9.53 Å². The molecule has 0 aliphatic heterocycles. The summed E-state index contributed by atoms with van der Waals surface area (Å²) in [6, 6.07) is 5.37. The van der Waals surface area contributed by atoms with Crippen molar-refractivity contribution in [3.05, 3.63) is 24.0 Å². The van der Waals surface area contributed by atoms with E-state index in [4.69, 9.17) is 10.00 Å². The standard InChI is InChI=1S/C10H12N2O2/c1-8(2)14-10(13)7-12-5-3-4-9(12)6-11/h3-5,8H,7H2,1-2H3. The molecule has 0 aromatic carbocycles. The van der Waals surface area contributed by atoms with E-state index >= 15 is 0 Å². The lowest BCUT2D eigenvalue weighted by atomic mass is 10.4. The number of carbonyl (C=O) groups is 1. The Labute approximate surface area is 82.7 Å². The molecular weight excluding hydrogens is 180 g/mol. The minimum Gasteiger partial charge on any atom is -0.462 e. The molecule has 0 unspecified atom stereocenters. The van der Waals surface area contributed by atoms with Crippen molar-refractivity contribution in [2.24, 2.45) is 0 Å². The number of nitrogens with zero attached hydrogens (tertiary/aromatic N) is 2. The Kier molecular flexibility index (Phi) is 3.29. The van der Waals surface area contributed by atoms with E-state index in [-0.39, 0.29) is 18.6 Å². The smallest absolute Gasteiger partial charge is 0.326 e. The highest BCUT2D eigenvalue weighted by molar-refractivity contribution is 5.69. The van der Waals surface area contributed by atoms with Crippen LogP contribution >= 0.6 is 0 Å². The minimum absolute atomic E-state index is 0.0913. The predicted octanol–water partition coefficient (Wildman–Crippen LogP) is 1.31. The van der Waals surface area contributed by atoms with Crippen LogP contribution in [0.15, 0.2) is 18.3 Å². The normalized spacial score (nSPS) is 9.86. The maximum atomic E-state index is 11.2. The van der Waals surface area contributed by atoms with Gasteiger partial charge in [-0.1, -0.05) is 0 Å². The SMILES string of the molecule is CC(C)OC(=O)Cn1cccc1C#N. The molecule has 1 heterocycles. The van der Waals surface area contributed by atoms with Crippen molar-refractivity contribution in [3.8, 4) is 6.07 Å². The van der Waals surface area contributed by atoms with Gasteiger partial charge in [-0.3, -0.25) is 4.79 Å². The van der Waals surface area contributed by atoms with E-state index < -0.39 is 0 Å². The van der Waals surface area contributed by atoms with Crippen LogP contribution in [-0.2, 0) is 16.1 Å². The summed E-state index contributed by atoms with van der Waals surface area (Å²) in [4.78, 5) is 11.2. The van der Waals surface area contributed by atoms with Gasteiger partial charge in [0, 0.05) is 6.20 Å². The molecule has 0 aliphatic rings. The molecule has 4 heteroatoms. The Balaban J connectivity index is 2.61. The molecule has 0 bridgehead atoms. The van der Waals surface area contributed by atoms with E-state index in [2.05, 4.69) is 0 Å². The highest BCUT2D eigenvalue weighted by Gasteiger charge is 2.08. The van der Waals surface area contributed by atoms with Crippen LogP contribution in [0.1, 0.15) is 19.5 Å². The fourth-order valence-electron chi connectivity index (χ4n) is 1.09. The van der Waals surface area contributed by atoms with Crippen LogP contribution in [0.4, 0.5) is 0 Å². The van der Waals surface area contributed by atoms with Gasteiger partial charge in [0.2, 0.25) is 0 Å². The lowest BCUT2D eigenvalue weighted by Gasteiger charge is -2.08. The van der Waals surface area contributed by atoms with Crippen LogP contribution in [0.25, 0.3) is 0 Å². The summed E-state index contributed by atoms with van der Waals surface area (Å²) >= 11 is 0. The number of hydrogen-bond donors (Lipinski definition) is 0. The lowest BCUT2D eigenvalue weighted by Crippen LogP contribution is -2.17. The molecule has 14 heavy (non-hydrogen) atoms. The molecular formula is C10H12N2O2. The van der Waals surface area contributed by atoms with Crippen molar-refractivity contribution in [2.45, 2.75) is 26.5 Å². The van der Waals surface area contributed by atoms with Crippen molar-refractivity contribution in [1.82, 2.24) is 4.57 Å². The molecule has 0 radical (unpaired) electrons. The van der Waals surface area contributed by atoms with Gasteiger partial charge in [-0.05, 0) is 26.0 Å². The number of rotatable bonds is 3. The quantitative estimate of drug-likeness (QED) is 0.678. The number of nitriles is 1. The molecule has 0 aliphatic carbocycles. The summed E-state index contributed by atoms with van der Waals surface area (Å²) in [5.74, 6) is -0.326. The second-order valence-electron chi connectivity index (χ2n) is 3.17. The highest BCUT2D eigenvalue weighted by Crippen LogP contribution is 2.01. The maximum absolute atomic E-state index is 11.2. The van der Waals surface area contributed by atoms with Gasteiger partial charge in [-0.25, -0.2) is 0 Å². The Hall–Kier alpha value is -1.76. The number of carbonyl (C=O) groups excluding carboxylic acids is 1. The third kappa shape index (κ3) is 2.63. The maximum Gasteiger partial charge on any atom is 0.326 e. The number of aromatic nitrogens is 1. The van der Waals surface area contributed by atoms with Gasteiger partial charge in [0.15, 0.2) is 0 Å². The van der Waals surface area contributed by atoms with E-state index in [0.29, 0.717) is 5.69 Å². The molecule has 1 rings (SSSR count). The molecule has 1 aromatic rings. The molecule has 0 saturated heterocycles. The molecule has 0 spiro atoms. The summed E-state index contributed by atoms with van der Waals surface area (Å²) in [7, 11) is 0. The van der Waals surface area contributed by atoms with E-state index in [1.807, 2.05) is 6.07 Å². The zero-order valence-corrected chi connectivity index (χ0v) is 8.23. The van der Waals surface area contributed by atoms with E-state index in [9.17, 15) is 4.79 Å². The summed E-state index contributed by atoms with van der Waals surface area (Å²) < 4.78 is 6.51. The van der Waals surface area contributed by atoms with Gasteiger partial charge < -0.3 is 9.30 Å². The zero-order chi connectivity index (χ0) is 10.6. The molecule has 0 saturated carbocycles. The molecule has 0 fully saturated rings. The Morgan fingerprint density at radius 1 is 1.71 bits per heavy atom. The summed E-state index contributed by atoms with van der Waals surface area (Å²) in [5.41, 5.74) is 0.464. The third-order valence-corrected chi connectivity index (χ3v) is 1.61. The summed E-state index contributed by atoms with van der Waals surface area (Å²) in [5, 5.41) is 8.68. The minimum atomic E-state index is -0.326. The van der Waals surface area contributed by atoms with Crippen LogP contribution < -0.4 is 0 Å². The van der Waals surface area contributed by atoms with Gasteiger partial charge in [0.25, 0.3) is 0 Å². The number of hydrogen-bond acceptors (Lipinski definition) is 3. The zero-order valence-electron chi connectivity index (χ0n) is 8.23. The van der Waals surface area contributed by atoms with Crippen molar-refractivity contribution >= 4 is 5.97 Å². The van der Waals surface area contributed by atoms with Gasteiger partial charge in [0.05, 0.1) is 6.10 Å². The van der Waals surface area contributed by atoms with Crippen molar-refractivity contribution in [1.29, 1.82) is 5.26 Å². The van der Waals surface area contributed by atoms with Gasteiger partial charge in [-0.2, -0.15) is 5.26 Å². The van der Waals surface area contributed by atoms with Crippen LogP contribution in [0.3, 0.4) is 0 Å². The first-order valence-electron chi connectivity index (χ1n) is 4.38. The average Bonchev–Trinajstić information content (AvgIpc) is 2.50. The Morgan fingerprint density at radius 2 is 2.43 bits per heavy atom. The molecule has 1 aromatic heterocycles. The van der Waals surface area contributed by atoms with Crippen LogP contribution in [-0.4, -0.2) is 16.6 Å². The monoisotopic (exact) mass is 192 g/mol. The van der Waals surface area contributed by atoms with Crippen LogP contribution in [0, 0.1) is 11.3 Å². The number of ether oxygens (including phenoxy) is 1. The number of esters is 1. The molecule has 74 valence electrons. The Morgan fingerprint density at radius 3 is 3.00 bits per heavy atom. The van der Waals surface area contributed by atoms with E-state index in [1.54, 1.807) is 36.7 Å². The first-order chi connectivity index (χ1) is 6.63. The molecule has 0 N–H and O–H groups in total. The van der Waals surface area contributed by atoms with Crippen molar-refractivity contribution in [2.75, 3.05) is 0 Å². The van der Waals surface area contributed by atoms with E-state index in [1.165, 1.54) is 0 Å². The fourth-order valence-corrected chi connectivity index (χ4v) is 1.09. The Bertz CT molecular complexity index is 360. The molecule has 0 amide bonds. The second-order valence-corrected chi connectivity index (χ2v) is 3.17. The topological polar surface area (TPSA) is 55.0 Å². The van der Waals surface area contributed by atoms with E-state index in [0.717, 1.165) is 0 Å². The summed E-state index contributed by atoms with van der Waals surface area (Å²) in [6.45, 7) is 3.67. The lowest BCUT2D eigenvalue weighted by molar-refractivity contribution is -0.148. The average molecular weight is 192 g/mol. The first kappa shape index (κ1) is 10.3. The van der Waals surface area contributed by atoms with Crippen molar-refractivity contribution in [3.63, 3.8) is 0 Å². The molecule has 4 nitrogen and oxygen atoms in total. The molecule has 0 atom stereocenters. The third-order valence-electron chi connectivity index (χ3n) is 1.61. The second kappa shape index (κ2) is 4.47. The van der Waals surface area contributed by atoms with Gasteiger partial charge >= 0.3 is 5.97 Å². The highest BCUT2D eigenvalue weighted by atomic mass is 16.5. The summed E-state index contributed by atoms with van der Waals surface area (Å²) in [6.07, 6.45) is 1.56. The first-order valence-corrected chi connectivity index (χ1v) is 4.38. The predicted molar refractivity (Wildman–Crippen MR) is 50.4 cm³/mol. The van der Waals surface area contributed by atoms with Gasteiger partial charge in [-0.15, -0.1) is 0 Å². The van der Waals surface area contributed by atoms with Crippen LogP contribution in [0.5, 0.6) is 0 Å².